The molecule has 82 valence electrons. The van der Waals surface area contributed by atoms with Gasteiger partial charge in [-0.2, -0.15) is 0 Å². The molecule has 1 aliphatic rings. The van der Waals surface area contributed by atoms with Gasteiger partial charge >= 0.3 is 5.97 Å². The van der Waals surface area contributed by atoms with Gasteiger partial charge in [-0.15, -0.1) is 0 Å². The van der Waals surface area contributed by atoms with Gasteiger partial charge in [0.1, 0.15) is 5.82 Å². The first-order chi connectivity index (χ1) is 7.19. The zero-order chi connectivity index (χ0) is 11.0. The van der Waals surface area contributed by atoms with Crippen LogP contribution in [0.4, 0.5) is 5.82 Å². The first-order valence-electron chi connectivity index (χ1n) is 4.69. The van der Waals surface area contributed by atoms with Gasteiger partial charge in [0, 0.05) is 6.04 Å². The highest BCUT2D eigenvalue weighted by molar-refractivity contribution is 7.98. The highest BCUT2D eigenvalue weighted by atomic mass is 32.2. The van der Waals surface area contributed by atoms with Crippen LogP contribution in [-0.2, 0) is 4.74 Å². The Hall–Kier alpha value is -1.17. The highest BCUT2D eigenvalue weighted by Crippen LogP contribution is 2.40. The number of methoxy groups -OCH3 is 1. The lowest BCUT2D eigenvalue weighted by molar-refractivity contribution is 0.0595. The zero-order valence-corrected chi connectivity index (χ0v) is 9.50. The normalized spacial score (nSPS) is 15.3. The van der Waals surface area contributed by atoms with E-state index in [0.717, 1.165) is 18.0 Å². The molecule has 1 aromatic rings. The topological polar surface area (TPSA) is 70.1 Å². The van der Waals surface area contributed by atoms with Gasteiger partial charge in [0.15, 0.2) is 10.9 Å². The summed E-state index contributed by atoms with van der Waals surface area (Å²) in [6.45, 7) is 0. The molecule has 0 amide bonds. The average Bonchev–Trinajstić information content (AvgIpc) is 3.02. The lowest BCUT2D eigenvalue weighted by Gasteiger charge is -2.05. The predicted molar refractivity (Wildman–Crippen MR) is 58.0 cm³/mol. The quantitative estimate of drug-likeness (QED) is 0.622. The number of thioether (sulfide) groups is 1. The van der Waals surface area contributed by atoms with Crippen molar-refractivity contribution >= 4 is 23.5 Å². The Morgan fingerprint density at radius 1 is 1.67 bits per heavy atom. The van der Waals surface area contributed by atoms with Crippen molar-refractivity contribution in [3.05, 3.63) is 5.69 Å². The molecule has 1 aliphatic carbocycles. The number of nitrogens with zero attached hydrogens (tertiary/aromatic N) is 2. The Kier molecular flexibility index (Phi) is 2.60. The van der Waals surface area contributed by atoms with Gasteiger partial charge in [-0.25, -0.2) is 9.78 Å². The molecule has 0 bridgehead atoms. The first kappa shape index (κ1) is 10.4. The van der Waals surface area contributed by atoms with E-state index in [1.807, 2.05) is 10.8 Å². The largest absolute Gasteiger partial charge is 0.464 e. The third kappa shape index (κ3) is 1.69. The maximum absolute atomic E-state index is 11.4. The van der Waals surface area contributed by atoms with E-state index in [0.29, 0.717) is 11.9 Å². The second-order valence-electron chi connectivity index (χ2n) is 3.43. The smallest absolute Gasteiger partial charge is 0.360 e. The number of nitrogens with two attached hydrogens (primary N) is 1. The van der Waals surface area contributed by atoms with E-state index in [-0.39, 0.29) is 5.69 Å². The fraction of sp³-hybridized carbons (Fsp3) is 0.556. The van der Waals surface area contributed by atoms with Crippen LogP contribution in [0.25, 0.3) is 0 Å². The number of esters is 1. The van der Waals surface area contributed by atoms with Crippen LogP contribution in [-0.4, -0.2) is 28.9 Å². The molecule has 6 heteroatoms. The Labute approximate surface area is 92.0 Å². The van der Waals surface area contributed by atoms with Crippen molar-refractivity contribution in [1.29, 1.82) is 0 Å². The number of hydrogen-bond donors (Lipinski definition) is 1. The molecule has 1 aromatic heterocycles. The standard InChI is InChI=1S/C9H13N3O2S/c1-14-8(13)6-7(10)12(5-3-4-5)9(11-6)15-2/h5H,3-4,10H2,1-2H3. The summed E-state index contributed by atoms with van der Waals surface area (Å²) in [4.78, 5) is 15.6. The van der Waals surface area contributed by atoms with Gasteiger partial charge < -0.3 is 15.0 Å². The number of hydrogen-bond acceptors (Lipinski definition) is 5. The molecule has 1 heterocycles. The van der Waals surface area contributed by atoms with Crippen LogP contribution in [0.3, 0.4) is 0 Å². The van der Waals surface area contributed by atoms with Crippen molar-refractivity contribution < 1.29 is 9.53 Å². The molecule has 0 atom stereocenters. The van der Waals surface area contributed by atoms with Crippen LogP contribution in [0.5, 0.6) is 0 Å². The summed E-state index contributed by atoms with van der Waals surface area (Å²) in [6, 6.07) is 0.415. The van der Waals surface area contributed by atoms with Crippen molar-refractivity contribution in [3.63, 3.8) is 0 Å². The molecule has 5 nitrogen and oxygen atoms in total. The van der Waals surface area contributed by atoms with Gasteiger partial charge in [0.05, 0.1) is 7.11 Å². The van der Waals surface area contributed by atoms with Crippen molar-refractivity contribution in [2.24, 2.45) is 0 Å². The van der Waals surface area contributed by atoms with Crippen molar-refractivity contribution in [3.8, 4) is 0 Å². The molecule has 0 aromatic carbocycles. The molecule has 1 saturated carbocycles. The van der Waals surface area contributed by atoms with Crippen LogP contribution in [0.2, 0.25) is 0 Å². The fourth-order valence-corrected chi connectivity index (χ4v) is 2.13. The van der Waals surface area contributed by atoms with Crippen molar-refractivity contribution in [2.45, 2.75) is 24.0 Å². The number of carbonyl (C=O) groups excluding carboxylic acids is 1. The van der Waals surface area contributed by atoms with Crippen LogP contribution in [0.1, 0.15) is 29.4 Å². The monoisotopic (exact) mass is 227 g/mol. The van der Waals surface area contributed by atoms with Crippen LogP contribution >= 0.6 is 11.8 Å². The second-order valence-corrected chi connectivity index (χ2v) is 4.20. The number of imidazole rings is 1. The molecule has 1 fully saturated rings. The van der Waals surface area contributed by atoms with E-state index in [1.165, 1.54) is 18.9 Å². The van der Waals surface area contributed by atoms with Gasteiger partial charge in [-0.05, 0) is 19.1 Å². The third-order valence-electron chi connectivity index (χ3n) is 2.39. The summed E-state index contributed by atoms with van der Waals surface area (Å²) in [7, 11) is 1.33. The minimum Gasteiger partial charge on any atom is -0.464 e. The maximum Gasteiger partial charge on any atom is 0.360 e. The number of anilines is 1. The summed E-state index contributed by atoms with van der Waals surface area (Å²) >= 11 is 1.49. The van der Waals surface area contributed by atoms with E-state index in [9.17, 15) is 4.79 Å². The molecule has 0 saturated heterocycles. The Morgan fingerprint density at radius 2 is 2.33 bits per heavy atom. The van der Waals surface area contributed by atoms with Crippen LogP contribution in [0.15, 0.2) is 5.16 Å². The summed E-state index contributed by atoms with van der Waals surface area (Å²) in [6.07, 6.45) is 4.13. The third-order valence-corrected chi connectivity index (χ3v) is 3.04. The SMILES string of the molecule is COC(=O)c1nc(SC)n(C2CC2)c1N. The number of rotatable bonds is 3. The first-order valence-corrected chi connectivity index (χ1v) is 5.91. The van der Waals surface area contributed by atoms with E-state index in [1.54, 1.807) is 0 Å². The predicted octanol–water partition coefficient (Wildman–Crippen LogP) is 1.31. The number of nitrogen functional groups attached to an aromatic ring is 1. The summed E-state index contributed by atoms with van der Waals surface area (Å²) in [5.74, 6) is -0.0455. The molecule has 0 aliphatic heterocycles. The van der Waals surface area contributed by atoms with E-state index in [2.05, 4.69) is 9.72 Å². The van der Waals surface area contributed by atoms with Gasteiger partial charge in [-0.1, -0.05) is 11.8 Å². The molecule has 0 radical (unpaired) electrons. The highest BCUT2D eigenvalue weighted by Gasteiger charge is 2.31. The lowest BCUT2D eigenvalue weighted by atomic mass is 10.4. The van der Waals surface area contributed by atoms with E-state index in [4.69, 9.17) is 5.73 Å². The summed E-state index contributed by atoms with van der Waals surface area (Å²) < 4.78 is 6.55. The van der Waals surface area contributed by atoms with E-state index < -0.39 is 5.97 Å². The second kappa shape index (κ2) is 3.77. The van der Waals surface area contributed by atoms with Gasteiger partial charge in [0.2, 0.25) is 0 Å². The molecular formula is C9H13N3O2S. The van der Waals surface area contributed by atoms with Crippen LogP contribution in [0, 0.1) is 0 Å². The van der Waals surface area contributed by atoms with Gasteiger partial charge in [0.25, 0.3) is 0 Å². The maximum atomic E-state index is 11.4. The molecule has 0 spiro atoms. The fourth-order valence-electron chi connectivity index (χ4n) is 1.50. The average molecular weight is 227 g/mol. The molecule has 2 N–H and O–H groups in total. The Balaban J connectivity index is 2.44. The Morgan fingerprint density at radius 3 is 2.80 bits per heavy atom. The number of ether oxygens (including phenoxy) is 1. The lowest BCUT2D eigenvalue weighted by Crippen LogP contribution is -2.07. The van der Waals surface area contributed by atoms with Gasteiger partial charge in [-0.3, -0.25) is 0 Å². The van der Waals surface area contributed by atoms with Crippen LogP contribution < -0.4 is 5.73 Å². The molecular weight excluding hydrogens is 214 g/mol. The summed E-state index contributed by atoms with van der Waals surface area (Å²) in [5, 5.41) is 0.787. The van der Waals surface area contributed by atoms with Crippen molar-refractivity contribution in [2.75, 3.05) is 19.1 Å². The van der Waals surface area contributed by atoms with E-state index >= 15 is 0 Å². The summed E-state index contributed by atoms with van der Waals surface area (Å²) in [5.41, 5.74) is 6.11. The molecule has 15 heavy (non-hydrogen) atoms. The minimum absolute atomic E-state index is 0.230. The molecule has 2 rings (SSSR count). The molecule has 0 unspecified atom stereocenters. The number of carbonyl (C=O) groups is 1. The van der Waals surface area contributed by atoms with Crippen molar-refractivity contribution in [1.82, 2.24) is 9.55 Å². The number of aromatic nitrogens is 2. The Bertz CT molecular complexity index is 398. The zero-order valence-electron chi connectivity index (χ0n) is 8.69. The minimum atomic E-state index is -0.470.